The average molecular weight is 258 g/mol. The van der Waals surface area contributed by atoms with Crippen LogP contribution in [-0.2, 0) is 6.54 Å². The van der Waals surface area contributed by atoms with E-state index in [1.807, 2.05) is 0 Å². The number of aryl methyl sites for hydroxylation is 2. The fourth-order valence-electron chi connectivity index (χ4n) is 1.40. The highest BCUT2D eigenvalue weighted by Crippen LogP contribution is 1.98. The Bertz CT molecular complexity index is 231. The van der Waals surface area contributed by atoms with E-state index in [0.29, 0.717) is 0 Å². The molecule has 0 radical (unpaired) electrons. The molecule has 1 aromatic rings. The van der Waals surface area contributed by atoms with E-state index in [2.05, 4.69) is 42.9 Å². The third-order valence-corrected chi connectivity index (χ3v) is 2.33. The number of unbranched alkanes of at least 4 members (excludes halogenated alkanes) is 3. The van der Waals surface area contributed by atoms with Crippen molar-refractivity contribution in [2.24, 2.45) is 0 Å². The smallest absolute Gasteiger partial charge is 0.169 e. The van der Waals surface area contributed by atoms with E-state index in [1.54, 1.807) is 0 Å². The summed E-state index contributed by atoms with van der Waals surface area (Å²) in [5.74, 6) is 0. The second kappa shape index (κ2) is 7.98. The maximum absolute atomic E-state index is 2.27. The predicted molar refractivity (Wildman–Crippen MR) is 55.5 cm³/mol. The van der Waals surface area contributed by atoms with Gasteiger partial charge in [-0.2, -0.15) is 0 Å². The van der Waals surface area contributed by atoms with Crippen LogP contribution in [-0.4, -0.2) is 0 Å². The first kappa shape index (κ1) is 13.6. The summed E-state index contributed by atoms with van der Waals surface area (Å²) in [6.07, 6.45) is 9.69. The lowest BCUT2D eigenvalue weighted by Gasteiger charge is -1.97. The molecule has 1 rings (SSSR count). The van der Waals surface area contributed by atoms with Crippen LogP contribution in [0.25, 0.3) is 0 Å². The molecule has 0 N–H and O–H groups in total. The molecule has 1 heterocycles. The molecule has 0 atom stereocenters. The van der Waals surface area contributed by atoms with Crippen molar-refractivity contribution < 1.29 is 21.5 Å². The first-order chi connectivity index (χ1) is 6.33. The topological polar surface area (TPSA) is 3.88 Å². The summed E-state index contributed by atoms with van der Waals surface area (Å²) in [6, 6.07) is 4.33. The van der Waals surface area contributed by atoms with Gasteiger partial charge in [-0.25, -0.2) is 4.57 Å². The van der Waals surface area contributed by atoms with Crippen LogP contribution >= 0.6 is 0 Å². The summed E-state index contributed by atoms with van der Waals surface area (Å²) in [4.78, 5) is 0. The quantitative estimate of drug-likeness (QED) is 0.511. The fraction of sp³-hybridized carbons (Fsp3) is 0.583. The van der Waals surface area contributed by atoms with Gasteiger partial charge in [-0.1, -0.05) is 19.8 Å². The summed E-state index contributed by atoms with van der Waals surface area (Å²) in [5, 5.41) is 0. The third-order valence-electron chi connectivity index (χ3n) is 2.33. The fourth-order valence-corrected chi connectivity index (χ4v) is 1.40. The highest BCUT2D eigenvalue weighted by atomic mass is 79.9. The molecule has 0 aliphatic heterocycles. The highest BCUT2D eigenvalue weighted by molar-refractivity contribution is 5.03. The molecule has 0 aliphatic carbocycles. The van der Waals surface area contributed by atoms with E-state index in [1.165, 1.54) is 37.8 Å². The number of halogens is 1. The Hall–Kier alpha value is -0.370. The largest absolute Gasteiger partial charge is 1.00 e. The van der Waals surface area contributed by atoms with Crippen molar-refractivity contribution in [2.45, 2.75) is 46.1 Å². The molecular weight excluding hydrogens is 238 g/mol. The molecule has 0 spiro atoms. The van der Waals surface area contributed by atoms with E-state index in [9.17, 15) is 0 Å². The van der Waals surface area contributed by atoms with Crippen LogP contribution in [0.3, 0.4) is 0 Å². The van der Waals surface area contributed by atoms with Gasteiger partial charge in [0.2, 0.25) is 0 Å². The van der Waals surface area contributed by atoms with Crippen LogP contribution in [0.4, 0.5) is 0 Å². The third kappa shape index (κ3) is 5.38. The van der Waals surface area contributed by atoms with Gasteiger partial charge in [-0.15, -0.1) is 0 Å². The van der Waals surface area contributed by atoms with Crippen molar-refractivity contribution in [3.8, 4) is 0 Å². The SMILES string of the molecule is CCCCCC[n+]1ccc(C)cc1.[Br-]. The van der Waals surface area contributed by atoms with Gasteiger partial charge in [-0.3, -0.25) is 0 Å². The number of nitrogens with zero attached hydrogens (tertiary/aromatic N) is 1. The summed E-state index contributed by atoms with van der Waals surface area (Å²) in [6.45, 7) is 5.54. The van der Waals surface area contributed by atoms with Crippen LogP contribution in [0.5, 0.6) is 0 Å². The standard InChI is InChI=1S/C12H20N.BrH/c1-3-4-5-6-9-13-10-7-12(2)8-11-13;/h7-8,10-11H,3-6,9H2,1-2H3;1H/q+1;/p-1. The molecule has 0 fully saturated rings. The number of aromatic nitrogens is 1. The van der Waals surface area contributed by atoms with Gasteiger partial charge < -0.3 is 17.0 Å². The molecule has 80 valence electrons. The van der Waals surface area contributed by atoms with Gasteiger partial charge in [-0.05, 0) is 18.9 Å². The molecule has 2 heteroatoms. The number of pyridine rings is 1. The minimum atomic E-state index is 0. The van der Waals surface area contributed by atoms with Crippen LogP contribution in [0.2, 0.25) is 0 Å². The first-order valence-electron chi connectivity index (χ1n) is 5.28. The summed E-state index contributed by atoms with van der Waals surface area (Å²) in [7, 11) is 0. The minimum Gasteiger partial charge on any atom is -1.00 e. The Balaban J connectivity index is 0.00000169. The van der Waals surface area contributed by atoms with Gasteiger partial charge >= 0.3 is 0 Å². The van der Waals surface area contributed by atoms with Gasteiger partial charge in [0.25, 0.3) is 0 Å². The molecule has 1 nitrogen and oxygen atoms in total. The predicted octanol–water partition coefficient (Wildman–Crippen LogP) is -0.133. The Kier molecular flexibility index (Phi) is 7.77. The molecule has 0 unspecified atom stereocenters. The average Bonchev–Trinajstić information content (AvgIpc) is 2.15. The number of hydrogen-bond acceptors (Lipinski definition) is 0. The monoisotopic (exact) mass is 257 g/mol. The Labute approximate surface area is 97.9 Å². The minimum absolute atomic E-state index is 0. The lowest BCUT2D eigenvalue weighted by atomic mass is 10.2. The molecule has 0 aliphatic rings. The van der Waals surface area contributed by atoms with Crippen molar-refractivity contribution in [1.29, 1.82) is 0 Å². The maximum Gasteiger partial charge on any atom is 0.169 e. The Morgan fingerprint density at radius 1 is 1.07 bits per heavy atom. The lowest BCUT2D eigenvalue weighted by Crippen LogP contribution is -3.00. The zero-order valence-corrected chi connectivity index (χ0v) is 10.8. The van der Waals surface area contributed by atoms with Crippen molar-refractivity contribution in [2.75, 3.05) is 0 Å². The Morgan fingerprint density at radius 2 is 1.71 bits per heavy atom. The van der Waals surface area contributed by atoms with Crippen LogP contribution in [0, 0.1) is 6.92 Å². The zero-order chi connectivity index (χ0) is 9.52. The first-order valence-corrected chi connectivity index (χ1v) is 5.28. The van der Waals surface area contributed by atoms with E-state index >= 15 is 0 Å². The zero-order valence-electron chi connectivity index (χ0n) is 9.17. The molecule has 14 heavy (non-hydrogen) atoms. The highest BCUT2D eigenvalue weighted by Gasteiger charge is 1.97. The van der Waals surface area contributed by atoms with Crippen molar-refractivity contribution in [3.05, 3.63) is 30.1 Å². The molecule has 1 aromatic heterocycles. The second-order valence-corrected chi connectivity index (χ2v) is 3.67. The van der Waals surface area contributed by atoms with Crippen LogP contribution in [0.15, 0.2) is 24.5 Å². The van der Waals surface area contributed by atoms with Gasteiger partial charge in [0, 0.05) is 18.6 Å². The lowest BCUT2D eigenvalue weighted by molar-refractivity contribution is -0.697. The van der Waals surface area contributed by atoms with E-state index in [0.717, 1.165) is 0 Å². The maximum atomic E-state index is 2.27. The molecular formula is C12H20BrN. The molecule has 0 aromatic carbocycles. The van der Waals surface area contributed by atoms with Crippen molar-refractivity contribution >= 4 is 0 Å². The van der Waals surface area contributed by atoms with E-state index < -0.39 is 0 Å². The van der Waals surface area contributed by atoms with Crippen LogP contribution in [0.1, 0.15) is 38.2 Å². The second-order valence-electron chi connectivity index (χ2n) is 3.67. The molecule has 0 saturated heterocycles. The van der Waals surface area contributed by atoms with E-state index in [-0.39, 0.29) is 17.0 Å². The van der Waals surface area contributed by atoms with Crippen molar-refractivity contribution in [3.63, 3.8) is 0 Å². The van der Waals surface area contributed by atoms with Gasteiger partial charge in [0.1, 0.15) is 6.54 Å². The van der Waals surface area contributed by atoms with Crippen molar-refractivity contribution in [1.82, 2.24) is 0 Å². The van der Waals surface area contributed by atoms with Crippen LogP contribution < -0.4 is 21.5 Å². The molecule has 0 bridgehead atoms. The van der Waals surface area contributed by atoms with E-state index in [4.69, 9.17) is 0 Å². The normalized spacial score (nSPS) is 9.57. The van der Waals surface area contributed by atoms with Gasteiger partial charge in [0.15, 0.2) is 12.4 Å². The number of rotatable bonds is 5. The number of hydrogen-bond donors (Lipinski definition) is 0. The summed E-state index contributed by atoms with van der Waals surface area (Å²) in [5.41, 5.74) is 1.34. The summed E-state index contributed by atoms with van der Waals surface area (Å²) < 4.78 is 2.27. The molecule has 0 amide bonds. The Morgan fingerprint density at radius 3 is 2.29 bits per heavy atom. The molecule has 0 saturated carbocycles. The summed E-state index contributed by atoms with van der Waals surface area (Å²) >= 11 is 0. The van der Waals surface area contributed by atoms with Gasteiger partial charge in [0.05, 0.1) is 0 Å².